The highest BCUT2D eigenvalue weighted by atomic mass is 32.2. The Morgan fingerprint density at radius 1 is 1.24 bits per heavy atom. The number of amides is 1. The Bertz CT molecular complexity index is 726. The minimum absolute atomic E-state index is 0.132. The summed E-state index contributed by atoms with van der Waals surface area (Å²) < 4.78 is 28.2. The van der Waals surface area contributed by atoms with E-state index in [0.717, 1.165) is 31.9 Å². The van der Waals surface area contributed by atoms with Crippen LogP contribution < -0.4 is 0 Å². The third-order valence-electron chi connectivity index (χ3n) is 4.53. The van der Waals surface area contributed by atoms with Gasteiger partial charge in [0.1, 0.15) is 0 Å². The number of likely N-dealkylation sites (tertiary alicyclic amines) is 1. The van der Waals surface area contributed by atoms with E-state index in [1.54, 1.807) is 6.92 Å². The Balaban J connectivity index is 2.02. The number of carbonyl (C=O) groups is 2. The van der Waals surface area contributed by atoms with Gasteiger partial charge in [0.2, 0.25) is 0 Å². The number of hydrogen-bond acceptors (Lipinski definition) is 5. The van der Waals surface area contributed by atoms with Crippen LogP contribution in [0.4, 0.5) is 0 Å². The van der Waals surface area contributed by atoms with Crippen LogP contribution in [0.2, 0.25) is 0 Å². The Hall–Kier alpha value is -1.89. The third kappa shape index (κ3) is 4.81. The van der Waals surface area contributed by atoms with Gasteiger partial charge in [-0.15, -0.1) is 0 Å². The van der Waals surface area contributed by atoms with E-state index < -0.39 is 21.9 Å². The summed E-state index contributed by atoms with van der Waals surface area (Å²) >= 11 is 0. The number of esters is 1. The smallest absolute Gasteiger partial charge is 0.338 e. The van der Waals surface area contributed by atoms with E-state index in [2.05, 4.69) is 6.92 Å². The molecule has 25 heavy (non-hydrogen) atoms. The molecule has 0 aromatic heterocycles. The fourth-order valence-electron chi connectivity index (χ4n) is 3.07. The number of nitrogens with zero attached hydrogens (tertiary/aromatic N) is 1. The van der Waals surface area contributed by atoms with Gasteiger partial charge in [-0.3, -0.25) is 4.79 Å². The summed E-state index contributed by atoms with van der Waals surface area (Å²) in [5.74, 6) is -0.807. The highest BCUT2D eigenvalue weighted by Gasteiger charge is 2.30. The monoisotopic (exact) mass is 367 g/mol. The van der Waals surface area contributed by atoms with Gasteiger partial charge in [0.25, 0.3) is 5.91 Å². The number of sulfone groups is 1. The first-order valence-electron chi connectivity index (χ1n) is 8.55. The Kier molecular flexibility index (Phi) is 6.21. The van der Waals surface area contributed by atoms with Crippen molar-refractivity contribution in [3.05, 3.63) is 29.8 Å². The molecule has 138 valence electrons. The zero-order chi connectivity index (χ0) is 18.6. The Labute approximate surface area is 149 Å². The van der Waals surface area contributed by atoms with Crippen LogP contribution in [0.3, 0.4) is 0 Å². The molecular formula is C18H25NO5S. The zero-order valence-corrected chi connectivity index (χ0v) is 15.7. The molecule has 7 heteroatoms. The fraction of sp³-hybridized carbons (Fsp3) is 0.556. The highest BCUT2D eigenvalue weighted by molar-refractivity contribution is 7.90. The first-order chi connectivity index (χ1) is 11.7. The van der Waals surface area contributed by atoms with Crippen molar-refractivity contribution in [3.63, 3.8) is 0 Å². The number of hydrogen-bond donors (Lipinski definition) is 0. The van der Waals surface area contributed by atoms with Crippen LogP contribution in [-0.4, -0.2) is 50.1 Å². The average molecular weight is 367 g/mol. The first kappa shape index (κ1) is 19.4. The molecule has 0 aliphatic carbocycles. The fourth-order valence-corrected chi connectivity index (χ4v) is 3.70. The second-order valence-corrected chi connectivity index (χ2v) is 8.45. The second kappa shape index (κ2) is 7.99. The van der Waals surface area contributed by atoms with Gasteiger partial charge in [-0.1, -0.05) is 6.92 Å². The molecule has 0 radical (unpaired) electrons. The molecule has 1 heterocycles. The maximum atomic E-state index is 12.6. The predicted octanol–water partition coefficient (Wildman–Crippen LogP) is 2.43. The Morgan fingerprint density at radius 2 is 1.88 bits per heavy atom. The van der Waals surface area contributed by atoms with E-state index in [1.165, 1.54) is 24.3 Å². The molecule has 0 unspecified atom stereocenters. The van der Waals surface area contributed by atoms with Gasteiger partial charge in [0.05, 0.1) is 10.5 Å². The van der Waals surface area contributed by atoms with E-state index >= 15 is 0 Å². The quantitative estimate of drug-likeness (QED) is 0.747. The topological polar surface area (TPSA) is 80.8 Å². The first-order valence-corrected chi connectivity index (χ1v) is 10.4. The molecule has 1 aliphatic heterocycles. The average Bonchev–Trinajstić information content (AvgIpc) is 2.60. The lowest BCUT2D eigenvalue weighted by atomic mass is 9.99. The van der Waals surface area contributed by atoms with Crippen molar-refractivity contribution in [2.45, 2.75) is 56.6 Å². The minimum Gasteiger partial charge on any atom is -0.449 e. The van der Waals surface area contributed by atoms with Gasteiger partial charge in [-0.2, -0.15) is 0 Å². The van der Waals surface area contributed by atoms with Crippen molar-refractivity contribution >= 4 is 21.7 Å². The van der Waals surface area contributed by atoms with Gasteiger partial charge in [-0.25, -0.2) is 13.2 Å². The maximum Gasteiger partial charge on any atom is 0.338 e. The normalized spacial score (nSPS) is 19.3. The second-order valence-electron chi connectivity index (χ2n) is 6.43. The van der Waals surface area contributed by atoms with Crippen molar-refractivity contribution in [1.29, 1.82) is 0 Å². The minimum atomic E-state index is -3.32. The van der Waals surface area contributed by atoms with E-state index in [9.17, 15) is 18.0 Å². The van der Waals surface area contributed by atoms with E-state index in [0.29, 0.717) is 6.54 Å². The van der Waals surface area contributed by atoms with Crippen LogP contribution in [0.5, 0.6) is 0 Å². The number of carbonyl (C=O) groups excluding carboxylic acids is 2. The summed E-state index contributed by atoms with van der Waals surface area (Å²) in [7, 11) is -3.32. The van der Waals surface area contributed by atoms with Gasteiger partial charge < -0.3 is 9.64 Å². The lowest BCUT2D eigenvalue weighted by Gasteiger charge is -2.36. The summed E-state index contributed by atoms with van der Waals surface area (Å²) in [6, 6.07) is 5.71. The van der Waals surface area contributed by atoms with Crippen molar-refractivity contribution in [3.8, 4) is 0 Å². The summed E-state index contributed by atoms with van der Waals surface area (Å²) in [6.45, 7) is 4.32. The third-order valence-corrected chi connectivity index (χ3v) is 5.66. The standard InChI is InChI=1S/C18H25NO5S/c1-4-15-7-5-6-12-19(15)17(20)13(2)24-18(21)14-8-10-16(11-9-14)25(3,22)23/h8-11,13,15H,4-7,12H2,1-3H3/t13-,15+/m1/s1. The van der Waals surface area contributed by atoms with Crippen molar-refractivity contribution < 1.29 is 22.7 Å². The molecule has 0 spiro atoms. The number of ether oxygens (including phenoxy) is 1. The number of piperidine rings is 1. The van der Waals surface area contributed by atoms with Gasteiger partial charge >= 0.3 is 5.97 Å². The molecule has 0 bridgehead atoms. The SMILES string of the molecule is CC[C@H]1CCCCN1C(=O)[C@@H](C)OC(=O)c1ccc(S(C)(=O)=O)cc1. The molecule has 1 aromatic rings. The molecule has 1 saturated heterocycles. The van der Waals surface area contributed by atoms with Crippen molar-refractivity contribution in [1.82, 2.24) is 4.90 Å². The van der Waals surface area contributed by atoms with Crippen LogP contribution >= 0.6 is 0 Å². The summed E-state index contributed by atoms with van der Waals surface area (Å²) in [6.07, 6.45) is 4.19. The van der Waals surface area contributed by atoms with Crippen LogP contribution in [0.1, 0.15) is 49.9 Å². The predicted molar refractivity (Wildman–Crippen MR) is 94.1 cm³/mol. The molecule has 2 atom stereocenters. The molecule has 2 rings (SSSR count). The molecular weight excluding hydrogens is 342 g/mol. The maximum absolute atomic E-state index is 12.6. The molecule has 1 amide bonds. The van der Waals surface area contributed by atoms with Crippen molar-refractivity contribution in [2.75, 3.05) is 12.8 Å². The van der Waals surface area contributed by atoms with E-state index in [4.69, 9.17) is 4.74 Å². The molecule has 0 N–H and O–H groups in total. The van der Waals surface area contributed by atoms with Crippen molar-refractivity contribution in [2.24, 2.45) is 0 Å². The Morgan fingerprint density at radius 3 is 2.44 bits per heavy atom. The lowest BCUT2D eigenvalue weighted by Crippen LogP contribution is -2.48. The summed E-state index contributed by atoms with van der Waals surface area (Å²) in [5.41, 5.74) is 0.220. The van der Waals surface area contributed by atoms with Crippen LogP contribution in [-0.2, 0) is 19.4 Å². The molecule has 6 nitrogen and oxygen atoms in total. The summed E-state index contributed by atoms with van der Waals surface area (Å²) in [4.78, 5) is 26.7. The highest BCUT2D eigenvalue weighted by Crippen LogP contribution is 2.21. The van der Waals surface area contributed by atoms with E-state index in [1.807, 2.05) is 4.90 Å². The molecule has 1 aliphatic rings. The largest absolute Gasteiger partial charge is 0.449 e. The zero-order valence-electron chi connectivity index (χ0n) is 14.9. The molecule has 1 fully saturated rings. The molecule has 1 aromatic carbocycles. The van der Waals surface area contributed by atoms with Gasteiger partial charge in [-0.05, 0) is 56.9 Å². The molecule has 0 saturated carbocycles. The van der Waals surface area contributed by atoms with Crippen LogP contribution in [0, 0.1) is 0 Å². The van der Waals surface area contributed by atoms with E-state index in [-0.39, 0.29) is 22.4 Å². The van der Waals surface area contributed by atoms with Crippen LogP contribution in [0.15, 0.2) is 29.2 Å². The lowest BCUT2D eigenvalue weighted by molar-refractivity contribution is -0.143. The van der Waals surface area contributed by atoms with Crippen LogP contribution in [0.25, 0.3) is 0 Å². The van der Waals surface area contributed by atoms with Gasteiger partial charge in [0.15, 0.2) is 15.9 Å². The number of rotatable bonds is 5. The van der Waals surface area contributed by atoms with Gasteiger partial charge in [0, 0.05) is 18.8 Å². The number of benzene rings is 1. The summed E-state index contributed by atoms with van der Waals surface area (Å²) in [5, 5.41) is 0.